The van der Waals surface area contributed by atoms with Crippen LogP contribution < -0.4 is 5.32 Å². The Bertz CT molecular complexity index is 872. The average molecular weight is 449 g/mol. The summed E-state index contributed by atoms with van der Waals surface area (Å²) in [7, 11) is 0. The van der Waals surface area contributed by atoms with Gasteiger partial charge in [-0.3, -0.25) is 9.59 Å². The quantitative estimate of drug-likeness (QED) is 0.591. The first-order valence-electron chi connectivity index (χ1n) is 10.2. The Morgan fingerprint density at radius 3 is 2.10 bits per heavy atom. The average Bonchev–Trinajstić information content (AvgIpc) is 2.64. The molecule has 0 spiro atoms. The molecule has 6 heteroatoms. The predicted octanol–water partition coefficient (Wildman–Crippen LogP) is 5.34. The standard InChI is InChI=1S/C24H30Cl2N2O2/c1-15(2)13-27-24(30)18(5)28(14-20-21(25)7-6-8-22(20)26)23(29)12-19-10-16(3)9-17(4)11-19/h6-11,15,18H,12-14H2,1-5H3,(H,27,30)/t18-/m1/s1. The van der Waals surface area contributed by atoms with Crippen molar-refractivity contribution in [3.05, 3.63) is 68.7 Å². The van der Waals surface area contributed by atoms with Gasteiger partial charge in [0.25, 0.3) is 0 Å². The van der Waals surface area contributed by atoms with E-state index in [1.807, 2.05) is 39.8 Å². The highest BCUT2D eigenvalue weighted by Gasteiger charge is 2.27. The van der Waals surface area contributed by atoms with E-state index in [1.165, 1.54) is 0 Å². The van der Waals surface area contributed by atoms with E-state index in [0.717, 1.165) is 16.7 Å². The molecule has 2 aromatic rings. The van der Waals surface area contributed by atoms with Crippen LogP contribution in [0.15, 0.2) is 36.4 Å². The van der Waals surface area contributed by atoms with Gasteiger partial charge in [0, 0.05) is 28.7 Å². The number of rotatable bonds is 8. The van der Waals surface area contributed by atoms with E-state index in [1.54, 1.807) is 30.0 Å². The normalized spacial score (nSPS) is 12.0. The fraction of sp³-hybridized carbons (Fsp3) is 0.417. The molecule has 0 saturated carbocycles. The largest absolute Gasteiger partial charge is 0.354 e. The van der Waals surface area contributed by atoms with Gasteiger partial charge < -0.3 is 10.2 Å². The monoisotopic (exact) mass is 448 g/mol. The van der Waals surface area contributed by atoms with E-state index in [9.17, 15) is 9.59 Å². The number of amides is 2. The molecule has 0 aromatic heterocycles. The molecule has 0 saturated heterocycles. The highest BCUT2D eigenvalue weighted by Crippen LogP contribution is 2.27. The molecule has 1 atom stereocenters. The minimum absolute atomic E-state index is 0.150. The number of nitrogens with one attached hydrogen (secondary N) is 1. The molecule has 0 fully saturated rings. The maximum Gasteiger partial charge on any atom is 0.242 e. The van der Waals surface area contributed by atoms with Gasteiger partial charge in [0.15, 0.2) is 0 Å². The van der Waals surface area contributed by atoms with Crippen molar-refractivity contribution in [2.45, 2.75) is 53.6 Å². The summed E-state index contributed by atoms with van der Waals surface area (Å²) >= 11 is 12.7. The van der Waals surface area contributed by atoms with E-state index in [0.29, 0.717) is 28.1 Å². The summed E-state index contributed by atoms with van der Waals surface area (Å²) in [5.41, 5.74) is 3.75. The second-order valence-electron chi connectivity index (χ2n) is 8.21. The summed E-state index contributed by atoms with van der Waals surface area (Å²) < 4.78 is 0. The molecule has 0 bridgehead atoms. The SMILES string of the molecule is Cc1cc(C)cc(CC(=O)N(Cc2c(Cl)cccc2Cl)[C@H](C)C(=O)NCC(C)C)c1. The van der Waals surface area contributed by atoms with Crippen molar-refractivity contribution in [1.29, 1.82) is 0 Å². The summed E-state index contributed by atoms with van der Waals surface area (Å²) in [4.78, 5) is 27.6. The summed E-state index contributed by atoms with van der Waals surface area (Å²) in [5.74, 6) is -0.0255. The molecule has 2 aromatic carbocycles. The highest BCUT2D eigenvalue weighted by molar-refractivity contribution is 6.36. The Morgan fingerprint density at radius 1 is 1.00 bits per heavy atom. The lowest BCUT2D eigenvalue weighted by Crippen LogP contribution is -2.48. The molecule has 0 aliphatic rings. The van der Waals surface area contributed by atoms with Crippen LogP contribution in [0.1, 0.15) is 43.0 Å². The maximum atomic E-state index is 13.3. The van der Waals surface area contributed by atoms with Crippen molar-refractivity contribution in [3.63, 3.8) is 0 Å². The van der Waals surface area contributed by atoms with Crippen molar-refractivity contribution < 1.29 is 9.59 Å². The van der Waals surface area contributed by atoms with Crippen LogP contribution in [0.4, 0.5) is 0 Å². The number of carbonyl (C=O) groups is 2. The van der Waals surface area contributed by atoms with Crippen LogP contribution in [-0.2, 0) is 22.6 Å². The molecule has 0 unspecified atom stereocenters. The van der Waals surface area contributed by atoms with Gasteiger partial charge in [-0.2, -0.15) is 0 Å². The van der Waals surface area contributed by atoms with Crippen LogP contribution in [0.5, 0.6) is 0 Å². The fourth-order valence-electron chi connectivity index (χ4n) is 3.34. The number of hydrogen-bond donors (Lipinski definition) is 1. The first-order chi connectivity index (χ1) is 14.1. The second kappa shape index (κ2) is 10.8. The van der Waals surface area contributed by atoms with E-state index in [-0.39, 0.29) is 24.8 Å². The molecule has 4 nitrogen and oxygen atoms in total. The lowest BCUT2D eigenvalue weighted by Gasteiger charge is -2.30. The van der Waals surface area contributed by atoms with E-state index in [2.05, 4.69) is 11.4 Å². The van der Waals surface area contributed by atoms with Crippen LogP contribution >= 0.6 is 23.2 Å². The van der Waals surface area contributed by atoms with Gasteiger partial charge >= 0.3 is 0 Å². The molecule has 0 aliphatic carbocycles. The lowest BCUT2D eigenvalue weighted by atomic mass is 10.0. The van der Waals surface area contributed by atoms with Gasteiger partial charge in [0.2, 0.25) is 11.8 Å². The summed E-state index contributed by atoms with van der Waals surface area (Å²) in [6.07, 6.45) is 0.201. The number of hydrogen-bond acceptors (Lipinski definition) is 2. The molecular formula is C24H30Cl2N2O2. The first-order valence-corrected chi connectivity index (χ1v) is 10.9. The maximum absolute atomic E-state index is 13.3. The van der Waals surface area contributed by atoms with Crippen molar-refractivity contribution in [3.8, 4) is 0 Å². The van der Waals surface area contributed by atoms with Crippen molar-refractivity contribution in [2.24, 2.45) is 5.92 Å². The smallest absolute Gasteiger partial charge is 0.242 e. The number of halogens is 2. The fourth-order valence-corrected chi connectivity index (χ4v) is 3.85. The number of nitrogens with zero attached hydrogens (tertiary/aromatic N) is 1. The zero-order valence-electron chi connectivity index (χ0n) is 18.3. The molecular weight excluding hydrogens is 419 g/mol. The van der Waals surface area contributed by atoms with Crippen LogP contribution in [0.2, 0.25) is 10.0 Å². The van der Waals surface area contributed by atoms with Gasteiger partial charge in [0.05, 0.1) is 6.42 Å². The van der Waals surface area contributed by atoms with Crippen LogP contribution in [0.3, 0.4) is 0 Å². The Labute approximate surface area is 189 Å². The topological polar surface area (TPSA) is 49.4 Å². The summed E-state index contributed by atoms with van der Waals surface area (Å²) in [5, 5.41) is 3.86. The van der Waals surface area contributed by atoms with Crippen molar-refractivity contribution >= 4 is 35.0 Å². The molecule has 0 radical (unpaired) electrons. The Morgan fingerprint density at radius 2 is 1.57 bits per heavy atom. The molecule has 2 rings (SSSR count). The van der Waals surface area contributed by atoms with Gasteiger partial charge in [-0.25, -0.2) is 0 Å². The third-order valence-corrected chi connectivity index (χ3v) is 5.59. The summed E-state index contributed by atoms with van der Waals surface area (Å²) in [6, 6.07) is 10.6. The molecule has 0 heterocycles. The molecule has 1 N–H and O–H groups in total. The van der Waals surface area contributed by atoms with Crippen molar-refractivity contribution in [2.75, 3.05) is 6.54 Å². The highest BCUT2D eigenvalue weighted by atomic mass is 35.5. The van der Waals surface area contributed by atoms with Crippen molar-refractivity contribution in [1.82, 2.24) is 10.2 Å². The number of benzene rings is 2. The molecule has 2 amide bonds. The number of aryl methyl sites for hydroxylation is 2. The first kappa shape index (κ1) is 24.2. The van der Waals surface area contributed by atoms with E-state index < -0.39 is 6.04 Å². The van der Waals surface area contributed by atoms with Gasteiger partial charge in [0.1, 0.15) is 6.04 Å². The van der Waals surface area contributed by atoms with Crippen LogP contribution in [0, 0.1) is 19.8 Å². The Kier molecular flexibility index (Phi) is 8.75. The molecule has 0 aliphatic heterocycles. The lowest BCUT2D eigenvalue weighted by molar-refractivity contribution is -0.140. The van der Waals surface area contributed by atoms with E-state index >= 15 is 0 Å². The second-order valence-corrected chi connectivity index (χ2v) is 9.02. The summed E-state index contributed by atoms with van der Waals surface area (Å²) in [6.45, 7) is 10.5. The van der Waals surface area contributed by atoms with Gasteiger partial charge in [-0.15, -0.1) is 0 Å². The number of carbonyl (C=O) groups excluding carboxylic acids is 2. The Hall–Kier alpha value is -2.04. The van der Waals surface area contributed by atoms with E-state index in [4.69, 9.17) is 23.2 Å². The van der Waals surface area contributed by atoms with Crippen LogP contribution in [0.25, 0.3) is 0 Å². The molecule has 30 heavy (non-hydrogen) atoms. The minimum atomic E-state index is -0.658. The third kappa shape index (κ3) is 6.75. The molecule has 162 valence electrons. The predicted molar refractivity (Wildman–Crippen MR) is 124 cm³/mol. The van der Waals surface area contributed by atoms with Gasteiger partial charge in [-0.05, 0) is 44.4 Å². The van der Waals surface area contributed by atoms with Crippen LogP contribution in [-0.4, -0.2) is 29.3 Å². The zero-order chi connectivity index (χ0) is 22.4. The zero-order valence-corrected chi connectivity index (χ0v) is 19.8. The Balaban J connectivity index is 2.31. The third-order valence-electron chi connectivity index (χ3n) is 4.88. The van der Waals surface area contributed by atoms with Gasteiger partial charge in [-0.1, -0.05) is 72.4 Å². The minimum Gasteiger partial charge on any atom is -0.354 e.